The average molecular weight is 417 g/mol. The minimum Gasteiger partial charge on any atom is -0.352 e. The molecule has 0 fully saturated rings. The van der Waals surface area contributed by atoms with Gasteiger partial charge in [0, 0.05) is 23.1 Å². The Morgan fingerprint density at radius 2 is 1.90 bits per heavy atom. The van der Waals surface area contributed by atoms with E-state index in [1.54, 1.807) is 11.8 Å². The number of hydrogen-bond acceptors (Lipinski definition) is 3. The van der Waals surface area contributed by atoms with Gasteiger partial charge in [0.1, 0.15) is 13.6 Å². The molecule has 4 nitrogen and oxygen atoms in total. The van der Waals surface area contributed by atoms with Crippen LogP contribution < -0.4 is 14.8 Å². The van der Waals surface area contributed by atoms with Crippen molar-refractivity contribution < 1.29 is 9.36 Å². The lowest BCUT2D eigenvalue weighted by Crippen LogP contribution is -2.38. The zero-order valence-corrected chi connectivity index (χ0v) is 18.3. The third kappa shape index (κ3) is 4.26. The van der Waals surface area contributed by atoms with Crippen LogP contribution in [0.15, 0.2) is 82.9 Å². The summed E-state index contributed by atoms with van der Waals surface area (Å²) >= 11 is 1.70. The highest BCUT2D eigenvalue weighted by Crippen LogP contribution is 2.45. The zero-order valence-electron chi connectivity index (χ0n) is 17.5. The van der Waals surface area contributed by atoms with Crippen molar-refractivity contribution in [2.75, 3.05) is 11.4 Å². The number of hydrogen-bond donors (Lipinski definition) is 1. The molecule has 0 saturated carbocycles. The van der Waals surface area contributed by atoms with Gasteiger partial charge < -0.3 is 10.2 Å². The molecule has 5 heteroatoms. The van der Waals surface area contributed by atoms with Gasteiger partial charge in [0.15, 0.2) is 6.20 Å². The molecule has 0 aliphatic carbocycles. The van der Waals surface area contributed by atoms with E-state index in [2.05, 4.69) is 88.7 Å². The first-order valence-corrected chi connectivity index (χ1v) is 10.9. The number of rotatable bonds is 5. The van der Waals surface area contributed by atoms with Gasteiger partial charge in [-0.3, -0.25) is 4.79 Å². The fourth-order valence-corrected chi connectivity index (χ4v) is 4.69. The predicted octanol–water partition coefficient (Wildman–Crippen LogP) is 4.66. The number of pyridine rings is 1. The van der Waals surface area contributed by atoms with Crippen LogP contribution in [0.5, 0.6) is 0 Å². The number of anilines is 1. The Kier molecular flexibility index (Phi) is 5.91. The molecule has 30 heavy (non-hydrogen) atoms. The first-order valence-electron chi connectivity index (χ1n) is 10.1. The number of nitrogens with one attached hydrogen (secondary N) is 1. The second kappa shape index (κ2) is 8.76. The summed E-state index contributed by atoms with van der Waals surface area (Å²) in [5.74, 6) is 0.0266. The number of nitrogens with zero attached hydrogens (tertiary/aromatic N) is 2. The molecule has 0 saturated heterocycles. The van der Waals surface area contributed by atoms with E-state index >= 15 is 0 Å². The molecule has 1 amide bonds. The number of para-hydroxylation sites is 2. The van der Waals surface area contributed by atoms with Crippen molar-refractivity contribution in [1.29, 1.82) is 0 Å². The minimum atomic E-state index is 0.0266. The van der Waals surface area contributed by atoms with E-state index in [1.807, 2.05) is 26.0 Å². The maximum absolute atomic E-state index is 12.4. The van der Waals surface area contributed by atoms with Crippen LogP contribution in [0.3, 0.4) is 0 Å². The molecule has 0 atom stereocenters. The molecule has 0 radical (unpaired) electrons. The number of aryl methyl sites for hydroxylation is 1. The normalized spacial score (nSPS) is 14.8. The van der Waals surface area contributed by atoms with Crippen LogP contribution in [-0.2, 0) is 11.8 Å². The molecule has 0 spiro atoms. The SMILES string of the molecule is CC(C)NC(=O)CN1/C(=C/C=C/c2cc[n+](C)c3ccccc23)Sc2ccccc21. The van der Waals surface area contributed by atoms with E-state index in [0.717, 1.165) is 10.7 Å². The zero-order chi connectivity index (χ0) is 21.1. The maximum Gasteiger partial charge on any atom is 0.240 e. The van der Waals surface area contributed by atoms with E-state index in [9.17, 15) is 4.79 Å². The van der Waals surface area contributed by atoms with Crippen molar-refractivity contribution in [3.05, 3.63) is 83.5 Å². The van der Waals surface area contributed by atoms with Gasteiger partial charge in [-0.2, -0.15) is 0 Å². The van der Waals surface area contributed by atoms with Crippen LogP contribution in [0.4, 0.5) is 5.69 Å². The molecule has 1 aliphatic rings. The second-order valence-corrected chi connectivity index (χ2v) is 8.70. The van der Waals surface area contributed by atoms with E-state index in [4.69, 9.17) is 0 Å². The Morgan fingerprint density at radius 1 is 1.13 bits per heavy atom. The van der Waals surface area contributed by atoms with Crippen molar-refractivity contribution in [3.63, 3.8) is 0 Å². The number of carbonyl (C=O) groups excluding carboxylic acids is 1. The number of fused-ring (bicyclic) bond motifs is 2. The van der Waals surface area contributed by atoms with E-state index in [1.165, 1.54) is 21.4 Å². The highest BCUT2D eigenvalue weighted by molar-refractivity contribution is 8.03. The lowest BCUT2D eigenvalue weighted by Gasteiger charge is -2.20. The number of thioether (sulfide) groups is 1. The number of benzene rings is 2. The Hall–Kier alpha value is -3.05. The van der Waals surface area contributed by atoms with Gasteiger partial charge in [-0.1, -0.05) is 48.2 Å². The summed E-state index contributed by atoms with van der Waals surface area (Å²) in [4.78, 5) is 15.7. The van der Waals surface area contributed by atoms with Crippen molar-refractivity contribution in [2.24, 2.45) is 7.05 Å². The molecule has 0 bridgehead atoms. The standard InChI is InChI=1S/C25H25N3OS/c1-18(2)26-24(29)17-28-22-12-6-7-13-23(22)30-25(28)14-8-9-19-15-16-27(3)21-11-5-4-10-20(19)21/h4-16,18H,17H2,1-3H3/p+1. The molecule has 1 aromatic heterocycles. The summed E-state index contributed by atoms with van der Waals surface area (Å²) in [5.41, 5.74) is 3.45. The van der Waals surface area contributed by atoms with Crippen molar-refractivity contribution in [3.8, 4) is 0 Å². The van der Waals surface area contributed by atoms with Crippen molar-refractivity contribution in [2.45, 2.75) is 24.8 Å². The highest BCUT2D eigenvalue weighted by atomic mass is 32.2. The fourth-order valence-electron chi connectivity index (χ4n) is 3.62. The monoisotopic (exact) mass is 416 g/mol. The summed E-state index contributed by atoms with van der Waals surface area (Å²) in [6.45, 7) is 4.27. The summed E-state index contributed by atoms with van der Waals surface area (Å²) < 4.78 is 2.13. The lowest BCUT2D eigenvalue weighted by molar-refractivity contribution is -0.644. The third-order valence-corrected chi connectivity index (χ3v) is 6.11. The van der Waals surface area contributed by atoms with E-state index in [0.29, 0.717) is 6.54 Å². The number of carbonyl (C=O) groups is 1. The summed E-state index contributed by atoms with van der Waals surface area (Å²) in [5, 5.41) is 5.26. The molecule has 4 rings (SSSR count). The highest BCUT2D eigenvalue weighted by Gasteiger charge is 2.26. The minimum absolute atomic E-state index is 0.0266. The molecule has 152 valence electrons. The smallest absolute Gasteiger partial charge is 0.240 e. The van der Waals surface area contributed by atoms with Gasteiger partial charge in [-0.25, -0.2) is 4.57 Å². The third-order valence-electron chi connectivity index (χ3n) is 4.98. The Morgan fingerprint density at radius 3 is 2.73 bits per heavy atom. The topological polar surface area (TPSA) is 36.2 Å². The number of allylic oxidation sites excluding steroid dienone is 2. The van der Waals surface area contributed by atoms with Crippen molar-refractivity contribution in [1.82, 2.24) is 5.32 Å². The van der Waals surface area contributed by atoms with Crippen molar-refractivity contribution >= 4 is 40.3 Å². The number of amides is 1. The van der Waals surface area contributed by atoms with Crippen LogP contribution in [0.1, 0.15) is 19.4 Å². The summed E-state index contributed by atoms with van der Waals surface area (Å²) in [7, 11) is 2.06. The fraction of sp³-hybridized carbons (Fsp3) is 0.200. The molecule has 1 N–H and O–H groups in total. The summed E-state index contributed by atoms with van der Waals surface area (Å²) in [6, 6.07) is 18.9. The first kappa shape index (κ1) is 20.2. The van der Waals surface area contributed by atoms with Gasteiger partial charge in [-0.15, -0.1) is 0 Å². The van der Waals surface area contributed by atoms with Crippen LogP contribution in [0, 0.1) is 0 Å². The average Bonchev–Trinajstić information content (AvgIpc) is 3.07. The predicted molar refractivity (Wildman–Crippen MR) is 125 cm³/mol. The largest absolute Gasteiger partial charge is 0.352 e. The van der Waals surface area contributed by atoms with Gasteiger partial charge >= 0.3 is 0 Å². The Bertz CT molecular complexity index is 1150. The molecule has 3 aromatic rings. The van der Waals surface area contributed by atoms with E-state index in [-0.39, 0.29) is 11.9 Å². The van der Waals surface area contributed by atoms with Gasteiger partial charge in [0.2, 0.25) is 11.4 Å². The molecule has 1 aliphatic heterocycles. The van der Waals surface area contributed by atoms with Crippen LogP contribution in [0.25, 0.3) is 17.0 Å². The quantitative estimate of drug-likeness (QED) is 0.615. The molecular weight excluding hydrogens is 390 g/mol. The van der Waals surface area contributed by atoms with Gasteiger partial charge in [0.25, 0.3) is 0 Å². The van der Waals surface area contributed by atoms with Crippen LogP contribution in [-0.4, -0.2) is 18.5 Å². The lowest BCUT2D eigenvalue weighted by atomic mass is 10.1. The molecule has 2 aromatic carbocycles. The Labute approximate surface area is 181 Å². The van der Waals surface area contributed by atoms with Crippen LogP contribution >= 0.6 is 11.8 Å². The second-order valence-electron chi connectivity index (χ2n) is 7.64. The summed E-state index contributed by atoms with van der Waals surface area (Å²) in [6.07, 6.45) is 8.38. The Balaban J connectivity index is 1.62. The van der Waals surface area contributed by atoms with Crippen LogP contribution in [0.2, 0.25) is 0 Å². The molecule has 2 heterocycles. The maximum atomic E-state index is 12.4. The first-order chi connectivity index (χ1) is 14.5. The molecular formula is C25H26N3OS+. The van der Waals surface area contributed by atoms with E-state index < -0.39 is 0 Å². The van der Waals surface area contributed by atoms with Gasteiger partial charge in [-0.05, 0) is 43.7 Å². The number of aromatic nitrogens is 1. The van der Waals surface area contributed by atoms with Gasteiger partial charge in [0.05, 0.1) is 16.1 Å². The molecule has 0 unspecified atom stereocenters.